The quantitative estimate of drug-likeness (QED) is 0.641. The second-order valence-corrected chi connectivity index (χ2v) is 5.41. The van der Waals surface area contributed by atoms with Crippen molar-refractivity contribution in [1.82, 2.24) is 5.32 Å². The summed E-state index contributed by atoms with van der Waals surface area (Å²) in [5.41, 5.74) is 1.54. The van der Waals surface area contributed by atoms with Gasteiger partial charge in [0.25, 0.3) is 11.6 Å². The molecule has 7 nitrogen and oxygen atoms in total. The Morgan fingerprint density at radius 1 is 1.17 bits per heavy atom. The van der Waals surface area contributed by atoms with Gasteiger partial charge in [0, 0.05) is 28.4 Å². The van der Waals surface area contributed by atoms with E-state index in [-0.39, 0.29) is 17.8 Å². The number of amides is 2. The number of rotatable bonds is 5. The topological polar surface area (TPSA) is 101 Å². The Kier molecular flexibility index (Phi) is 5.49. The smallest absolute Gasteiger partial charge is 0.269 e. The van der Waals surface area contributed by atoms with E-state index in [0.717, 1.165) is 5.56 Å². The van der Waals surface area contributed by atoms with Crippen LogP contribution in [0.3, 0.4) is 0 Å². The number of nitrogens with zero attached hydrogens (tertiary/aromatic N) is 1. The SMILES string of the molecule is Cc1ccc(NC(=O)CNC(=O)c2ccc([N+](=O)[O-])cc2)cc1Cl. The maximum absolute atomic E-state index is 11.9. The zero-order valence-electron chi connectivity index (χ0n) is 12.7. The minimum atomic E-state index is -0.554. The largest absolute Gasteiger partial charge is 0.343 e. The molecule has 24 heavy (non-hydrogen) atoms. The van der Waals surface area contributed by atoms with Gasteiger partial charge in [0.1, 0.15) is 0 Å². The first kappa shape index (κ1) is 17.4. The second-order valence-electron chi connectivity index (χ2n) is 5.00. The number of hydrogen-bond acceptors (Lipinski definition) is 4. The Bertz CT molecular complexity index is 790. The summed E-state index contributed by atoms with van der Waals surface area (Å²) in [5.74, 6) is -0.910. The van der Waals surface area contributed by atoms with Gasteiger partial charge in [-0.1, -0.05) is 17.7 Å². The zero-order valence-corrected chi connectivity index (χ0v) is 13.5. The van der Waals surface area contributed by atoms with Gasteiger partial charge in [0.2, 0.25) is 5.91 Å². The van der Waals surface area contributed by atoms with E-state index in [1.54, 1.807) is 18.2 Å². The summed E-state index contributed by atoms with van der Waals surface area (Å²) in [4.78, 5) is 33.7. The predicted octanol–water partition coefficient (Wildman–Crippen LogP) is 2.93. The molecule has 0 unspecified atom stereocenters. The van der Waals surface area contributed by atoms with E-state index >= 15 is 0 Å². The average molecular weight is 348 g/mol. The molecule has 0 aliphatic rings. The summed E-state index contributed by atoms with van der Waals surface area (Å²) in [7, 11) is 0. The molecule has 0 radical (unpaired) electrons. The van der Waals surface area contributed by atoms with E-state index in [1.807, 2.05) is 6.92 Å². The summed E-state index contributed by atoms with van der Waals surface area (Å²) in [6.07, 6.45) is 0. The van der Waals surface area contributed by atoms with Crippen molar-refractivity contribution in [2.45, 2.75) is 6.92 Å². The first-order valence-electron chi connectivity index (χ1n) is 6.95. The van der Waals surface area contributed by atoms with Gasteiger partial charge in [-0.15, -0.1) is 0 Å². The van der Waals surface area contributed by atoms with Crippen LogP contribution in [0.15, 0.2) is 42.5 Å². The fourth-order valence-electron chi connectivity index (χ4n) is 1.87. The number of non-ortho nitro benzene ring substituents is 1. The standard InChI is InChI=1S/C16H14ClN3O4/c1-10-2-5-12(8-14(10)17)19-15(21)9-18-16(22)11-3-6-13(7-4-11)20(23)24/h2-8H,9H2,1H3,(H,18,22)(H,19,21). The Balaban J connectivity index is 1.89. The van der Waals surface area contributed by atoms with Crippen LogP contribution in [0, 0.1) is 17.0 Å². The number of anilines is 1. The molecule has 2 N–H and O–H groups in total. The molecular formula is C16H14ClN3O4. The van der Waals surface area contributed by atoms with Crippen molar-refractivity contribution in [3.63, 3.8) is 0 Å². The Morgan fingerprint density at radius 2 is 1.83 bits per heavy atom. The van der Waals surface area contributed by atoms with Crippen molar-refractivity contribution >= 4 is 34.8 Å². The number of nitro groups is 1. The molecule has 0 fully saturated rings. The van der Waals surface area contributed by atoms with Crippen molar-refractivity contribution in [2.24, 2.45) is 0 Å². The third kappa shape index (κ3) is 4.53. The molecule has 0 saturated heterocycles. The Morgan fingerprint density at radius 3 is 2.42 bits per heavy atom. The first-order chi connectivity index (χ1) is 11.4. The maximum atomic E-state index is 11.9. The highest BCUT2D eigenvalue weighted by molar-refractivity contribution is 6.31. The van der Waals surface area contributed by atoms with Crippen LogP contribution in [0.2, 0.25) is 5.02 Å². The van der Waals surface area contributed by atoms with Crippen LogP contribution in [-0.4, -0.2) is 23.3 Å². The summed E-state index contributed by atoms with van der Waals surface area (Å²) >= 11 is 5.97. The molecule has 0 aromatic heterocycles. The number of benzene rings is 2. The molecule has 124 valence electrons. The fourth-order valence-corrected chi connectivity index (χ4v) is 2.05. The van der Waals surface area contributed by atoms with E-state index in [1.165, 1.54) is 24.3 Å². The van der Waals surface area contributed by atoms with E-state index in [4.69, 9.17) is 11.6 Å². The summed E-state index contributed by atoms with van der Waals surface area (Å²) < 4.78 is 0. The molecule has 0 atom stereocenters. The molecule has 0 bridgehead atoms. The van der Waals surface area contributed by atoms with Gasteiger partial charge >= 0.3 is 0 Å². The van der Waals surface area contributed by atoms with Gasteiger partial charge in [-0.2, -0.15) is 0 Å². The lowest BCUT2D eigenvalue weighted by atomic mass is 10.2. The lowest BCUT2D eigenvalue weighted by Crippen LogP contribution is -2.32. The van der Waals surface area contributed by atoms with Crippen LogP contribution >= 0.6 is 11.6 Å². The molecule has 0 saturated carbocycles. The predicted molar refractivity (Wildman–Crippen MR) is 90.2 cm³/mol. The van der Waals surface area contributed by atoms with Crippen molar-refractivity contribution < 1.29 is 14.5 Å². The summed E-state index contributed by atoms with van der Waals surface area (Å²) in [6, 6.07) is 10.2. The van der Waals surface area contributed by atoms with Crippen LogP contribution < -0.4 is 10.6 Å². The molecular weight excluding hydrogens is 334 g/mol. The molecule has 0 heterocycles. The van der Waals surface area contributed by atoms with Crippen LogP contribution in [0.4, 0.5) is 11.4 Å². The van der Waals surface area contributed by atoms with Crippen molar-refractivity contribution in [1.29, 1.82) is 0 Å². The minimum Gasteiger partial charge on any atom is -0.343 e. The number of nitro benzene ring substituents is 1. The maximum Gasteiger partial charge on any atom is 0.269 e. The number of hydrogen-bond donors (Lipinski definition) is 2. The second kappa shape index (κ2) is 7.56. The van der Waals surface area contributed by atoms with Gasteiger partial charge < -0.3 is 10.6 Å². The highest BCUT2D eigenvalue weighted by Gasteiger charge is 2.11. The normalized spacial score (nSPS) is 10.1. The first-order valence-corrected chi connectivity index (χ1v) is 7.33. The van der Waals surface area contributed by atoms with Crippen molar-refractivity contribution in [2.75, 3.05) is 11.9 Å². The number of halogens is 1. The summed E-state index contributed by atoms with van der Waals surface area (Å²) in [5, 5.41) is 16.1. The molecule has 0 aliphatic heterocycles. The van der Waals surface area contributed by atoms with E-state index in [2.05, 4.69) is 10.6 Å². The van der Waals surface area contributed by atoms with E-state index in [9.17, 15) is 19.7 Å². The van der Waals surface area contributed by atoms with Crippen molar-refractivity contribution in [3.8, 4) is 0 Å². The van der Waals surface area contributed by atoms with Crippen LogP contribution in [0.5, 0.6) is 0 Å². The lowest BCUT2D eigenvalue weighted by Gasteiger charge is -2.08. The number of nitrogens with one attached hydrogen (secondary N) is 2. The third-order valence-corrected chi connectivity index (χ3v) is 3.61. The fraction of sp³-hybridized carbons (Fsp3) is 0.125. The lowest BCUT2D eigenvalue weighted by molar-refractivity contribution is -0.384. The third-order valence-electron chi connectivity index (χ3n) is 3.21. The molecule has 0 spiro atoms. The average Bonchev–Trinajstić information content (AvgIpc) is 2.56. The van der Waals surface area contributed by atoms with E-state index < -0.39 is 16.7 Å². The van der Waals surface area contributed by atoms with Gasteiger partial charge in [0.15, 0.2) is 0 Å². The minimum absolute atomic E-state index is 0.111. The monoisotopic (exact) mass is 347 g/mol. The molecule has 2 aromatic rings. The van der Waals surface area contributed by atoms with Gasteiger partial charge in [0.05, 0.1) is 11.5 Å². The molecule has 2 amide bonds. The molecule has 0 aliphatic carbocycles. The Hall–Kier alpha value is -2.93. The summed E-state index contributed by atoms with van der Waals surface area (Å²) in [6.45, 7) is 1.61. The van der Waals surface area contributed by atoms with Gasteiger partial charge in [-0.25, -0.2) is 0 Å². The highest BCUT2D eigenvalue weighted by Crippen LogP contribution is 2.19. The molecule has 8 heteroatoms. The van der Waals surface area contributed by atoms with Crippen LogP contribution in [0.1, 0.15) is 15.9 Å². The molecule has 2 aromatic carbocycles. The van der Waals surface area contributed by atoms with Crippen LogP contribution in [0.25, 0.3) is 0 Å². The number of aryl methyl sites for hydroxylation is 1. The number of carbonyl (C=O) groups is 2. The Labute approximate surface area is 142 Å². The molecule has 2 rings (SSSR count). The van der Waals surface area contributed by atoms with Gasteiger partial charge in [-0.05, 0) is 36.8 Å². The van der Waals surface area contributed by atoms with E-state index in [0.29, 0.717) is 10.7 Å². The van der Waals surface area contributed by atoms with Gasteiger partial charge in [-0.3, -0.25) is 19.7 Å². The highest BCUT2D eigenvalue weighted by atomic mass is 35.5. The van der Waals surface area contributed by atoms with Crippen molar-refractivity contribution in [3.05, 3.63) is 68.7 Å². The zero-order chi connectivity index (χ0) is 17.7. The van der Waals surface area contributed by atoms with Crippen LogP contribution in [-0.2, 0) is 4.79 Å². The number of carbonyl (C=O) groups excluding carboxylic acids is 2.